The van der Waals surface area contributed by atoms with Crippen LogP contribution in [-0.2, 0) is 0 Å². The summed E-state index contributed by atoms with van der Waals surface area (Å²) in [5, 5.41) is 8.31. The number of benzene rings is 1. The first-order chi connectivity index (χ1) is 9.36. The van der Waals surface area contributed by atoms with Crippen LogP contribution in [0.5, 0.6) is 0 Å². The van der Waals surface area contributed by atoms with Crippen molar-refractivity contribution in [3.63, 3.8) is 0 Å². The number of para-hydroxylation sites is 1. The van der Waals surface area contributed by atoms with E-state index in [2.05, 4.69) is 53.1 Å². The zero-order valence-electron chi connectivity index (χ0n) is 11.6. The number of rotatable bonds is 4. The fourth-order valence-corrected chi connectivity index (χ4v) is 3.13. The van der Waals surface area contributed by atoms with Gasteiger partial charge in [-0.1, -0.05) is 18.2 Å². The third-order valence-electron chi connectivity index (χ3n) is 4.43. The van der Waals surface area contributed by atoms with Gasteiger partial charge >= 0.3 is 0 Å². The van der Waals surface area contributed by atoms with Gasteiger partial charge in [-0.3, -0.25) is 0 Å². The molecule has 0 atom stereocenters. The number of hydrogen-bond acceptors (Lipinski definition) is 2. The Morgan fingerprint density at radius 3 is 2.74 bits per heavy atom. The Morgan fingerprint density at radius 2 is 1.95 bits per heavy atom. The van der Waals surface area contributed by atoms with Gasteiger partial charge in [0.15, 0.2) is 0 Å². The van der Waals surface area contributed by atoms with Crippen molar-refractivity contribution in [2.24, 2.45) is 5.92 Å². The second kappa shape index (κ2) is 5.66. The van der Waals surface area contributed by atoms with Gasteiger partial charge in [-0.2, -0.15) is 0 Å². The van der Waals surface area contributed by atoms with E-state index in [0.29, 0.717) is 0 Å². The number of aromatic nitrogens is 1. The third-order valence-corrected chi connectivity index (χ3v) is 4.43. The standard InChI is InChI=1S/C16H23N3/c1-17-13-8-6-12(7-9-13)10-18-16-11-19-15-5-3-2-4-14(15)16/h2-5,11-13,17-19H,6-10H2,1H3. The van der Waals surface area contributed by atoms with Crippen molar-refractivity contribution in [2.45, 2.75) is 31.7 Å². The maximum Gasteiger partial charge on any atom is 0.0598 e. The Labute approximate surface area is 114 Å². The Morgan fingerprint density at radius 1 is 1.16 bits per heavy atom. The fourth-order valence-electron chi connectivity index (χ4n) is 3.13. The summed E-state index contributed by atoms with van der Waals surface area (Å²) >= 11 is 0. The van der Waals surface area contributed by atoms with Crippen LogP contribution in [0.1, 0.15) is 25.7 Å². The second-order valence-corrected chi connectivity index (χ2v) is 5.64. The first kappa shape index (κ1) is 12.5. The predicted octanol–water partition coefficient (Wildman–Crippen LogP) is 3.36. The van der Waals surface area contributed by atoms with Crippen LogP contribution in [0.3, 0.4) is 0 Å². The monoisotopic (exact) mass is 257 g/mol. The molecule has 2 aromatic rings. The van der Waals surface area contributed by atoms with Gasteiger partial charge in [-0.25, -0.2) is 0 Å². The highest BCUT2D eigenvalue weighted by molar-refractivity contribution is 5.92. The van der Waals surface area contributed by atoms with Gasteiger partial charge in [0.2, 0.25) is 0 Å². The van der Waals surface area contributed by atoms with Crippen LogP contribution in [-0.4, -0.2) is 24.6 Å². The molecular formula is C16H23N3. The molecule has 0 aliphatic heterocycles. The van der Waals surface area contributed by atoms with Crippen LogP contribution in [0.25, 0.3) is 10.9 Å². The Balaban J connectivity index is 1.58. The van der Waals surface area contributed by atoms with E-state index in [1.54, 1.807) is 0 Å². The molecule has 0 unspecified atom stereocenters. The lowest BCUT2D eigenvalue weighted by molar-refractivity contribution is 0.312. The Bertz CT molecular complexity index is 524. The number of hydrogen-bond donors (Lipinski definition) is 3. The van der Waals surface area contributed by atoms with Gasteiger partial charge in [0.05, 0.1) is 5.69 Å². The van der Waals surface area contributed by atoms with Crippen molar-refractivity contribution in [3.05, 3.63) is 30.5 Å². The van der Waals surface area contributed by atoms with E-state index in [-0.39, 0.29) is 0 Å². The van der Waals surface area contributed by atoms with E-state index in [1.165, 1.54) is 42.3 Å². The molecule has 0 bridgehead atoms. The zero-order valence-corrected chi connectivity index (χ0v) is 11.6. The summed E-state index contributed by atoms with van der Waals surface area (Å²) in [6.45, 7) is 1.10. The molecule has 1 aromatic heterocycles. The van der Waals surface area contributed by atoms with Gasteiger partial charge in [0, 0.05) is 29.7 Å². The normalized spacial score (nSPS) is 23.6. The largest absolute Gasteiger partial charge is 0.383 e. The highest BCUT2D eigenvalue weighted by atomic mass is 14.9. The minimum atomic E-state index is 0.740. The SMILES string of the molecule is CNC1CCC(CNc2c[nH]c3ccccc23)CC1. The van der Waals surface area contributed by atoms with Crippen molar-refractivity contribution in [1.82, 2.24) is 10.3 Å². The lowest BCUT2D eigenvalue weighted by atomic mass is 9.86. The summed E-state index contributed by atoms with van der Waals surface area (Å²) in [5.41, 5.74) is 2.45. The molecule has 19 heavy (non-hydrogen) atoms. The second-order valence-electron chi connectivity index (χ2n) is 5.64. The van der Waals surface area contributed by atoms with Gasteiger partial charge < -0.3 is 15.6 Å². The van der Waals surface area contributed by atoms with Crippen LogP contribution < -0.4 is 10.6 Å². The van der Waals surface area contributed by atoms with Gasteiger partial charge in [-0.05, 0) is 44.7 Å². The number of nitrogens with one attached hydrogen (secondary N) is 3. The molecule has 0 spiro atoms. The molecule has 1 aliphatic carbocycles. The van der Waals surface area contributed by atoms with E-state index < -0.39 is 0 Å². The van der Waals surface area contributed by atoms with Crippen molar-refractivity contribution in [1.29, 1.82) is 0 Å². The van der Waals surface area contributed by atoms with E-state index in [4.69, 9.17) is 0 Å². The van der Waals surface area contributed by atoms with Crippen molar-refractivity contribution in [3.8, 4) is 0 Å². The minimum Gasteiger partial charge on any atom is -0.383 e. The highest BCUT2D eigenvalue weighted by Crippen LogP contribution is 2.27. The number of fused-ring (bicyclic) bond motifs is 1. The van der Waals surface area contributed by atoms with Crippen LogP contribution in [0.15, 0.2) is 30.5 Å². The predicted molar refractivity (Wildman–Crippen MR) is 81.6 cm³/mol. The summed E-state index contributed by atoms with van der Waals surface area (Å²) < 4.78 is 0. The molecule has 1 aliphatic rings. The molecule has 1 aromatic carbocycles. The van der Waals surface area contributed by atoms with Gasteiger partial charge in [0.1, 0.15) is 0 Å². The first-order valence-electron chi connectivity index (χ1n) is 7.34. The zero-order chi connectivity index (χ0) is 13.1. The summed E-state index contributed by atoms with van der Waals surface area (Å²) in [6, 6.07) is 9.20. The van der Waals surface area contributed by atoms with Crippen LogP contribution in [0, 0.1) is 5.92 Å². The molecule has 3 N–H and O–H groups in total. The summed E-state index contributed by atoms with van der Waals surface area (Å²) in [4.78, 5) is 3.32. The van der Waals surface area contributed by atoms with E-state index in [9.17, 15) is 0 Å². The maximum atomic E-state index is 3.62. The van der Waals surface area contributed by atoms with Gasteiger partial charge in [-0.15, -0.1) is 0 Å². The maximum absolute atomic E-state index is 3.62. The van der Waals surface area contributed by atoms with Crippen LogP contribution >= 0.6 is 0 Å². The number of H-pyrrole nitrogens is 1. The quantitative estimate of drug-likeness (QED) is 0.786. The van der Waals surface area contributed by atoms with Gasteiger partial charge in [0.25, 0.3) is 0 Å². The van der Waals surface area contributed by atoms with E-state index in [0.717, 1.165) is 18.5 Å². The lowest BCUT2D eigenvalue weighted by Gasteiger charge is -2.28. The fraction of sp³-hybridized carbons (Fsp3) is 0.500. The Hall–Kier alpha value is -1.48. The summed E-state index contributed by atoms with van der Waals surface area (Å²) in [7, 11) is 2.08. The smallest absolute Gasteiger partial charge is 0.0598 e. The molecule has 3 rings (SSSR count). The lowest BCUT2D eigenvalue weighted by Crippen LogP contribution is -2.32. The highest BCUT2D eigenvalue weighted by Gasteiger charge is 2.19. The molecular weight excluding hydrogens is 234 g/mol. The average molecular weight is 257 g/mol. The van der Waals surface area contributed by atoms with Crippen LogP contribution in [0.2, 0.25) is 0 Å². The van der Waals surface area contributed by atoms with Crippen molar-refractivity contribution < 1.29 is 0 Å². The number of anilines is 1. The van der Waals surface area contributed by atoms with Crippen molar-refractivity contribution in [2.75, 3.05) is 18.9 Å². The molecule has 0 radical (unpaired) electrons. The molecule has 102 valence electrons. The molecule has 1 fully saturated rings. The average Bonchev–Trinajstić information content (AvgIpc) is 2.89. The van der Waals surface area contributed by atoms with E-state index >= 15 is 0 Å². The molecule has 3 nitrogen and oxygen atoms in total. The molecule has 0 amide bonds. The molecule has 1 heterocycles. The van der Waals surface area contributed by atoms with Crippen molar-refractivity contribution >= 4 is 16.6 Å². The van der Waals surface area contributed by atoms with Crippen LogP contribution in [0.4, 0.5) is 5.69 Å². The minimum absolute atomic E-state index is 0.740. The molecule has 3 heteroatoms. The third kappa shape index (κ3) is 2.76. The summed E-state index contributed by atoms with van der Waals surface area (Å²) in [6.07, 6.45) is 7.39. The van der Waals surface area contributed by atoms with E-state index in [1.807, 2.05) is 0 Å². The number of aromatic amines is 1. The first-order valence-corrected chi connectivity index (χ1v) is 7.34. The summed E-state index contributed by atoms with van der Waals surface area (Å²) in [5.74, 6) is 0.818. The Kier molecular flexibility index (Phi) is 3.74. The molecule has 1 saturated carbocycles. The molecule has 0 saturated heterocycles. The topological polar surface area (TPSA) is 39.8 Å².